The highest BCUT2D eigenvalue weighted by atomic mass is 35.5. The van der Waals surface area contributed by atoms with Gasteiger partial charge in [-0.05, 0) is 34.5 Å². The summed E-state index contributed by atoms with van der Waals surface area (Å²) < 4.78 is 0. The molecule has 94 valence electrons. The van der Waals surface area contributed by atoms with Crippen LogP contribution >= 0.6 is 22.9 Å². The molecule has 0 fully saturated rings. The molecule has 1 aromatic carbocycles. The van der Waals surface area contributed by atoms with Crippen molar-refractivity contribution in [2.45, 2.75) is 6.54 Å². The van der Waals surface area contributed by atoms with E-state index in [0.717, 1.165) is 5.56 Å². The molecule has 1 aromatic heterocycles. The zero-order valence-electron chi connectivity index (χ0n) is 9.67. The van der Waals surface area contributed by atoms with Gasteiger partial charge in [-0.15, -0.1) is 0 Å². The number of para-hydroxylation sites is 1. The van der Waals surface area contributed by atoms with Crippen LogP contribution in [0.2, 0.25) is 5.02 Å². The molecule has 2 aromatic rings. The average molecular weight is 283 g/mol. The van der Waals surface area contributed by atoms with E-state index < -0.39 is 4.92 Å². The number of hydrogen-bond acceptors (Lipinski definition) is 4. The number of benzene rings is 1. The van der Waals surface area contributed by atoms with Crippen LogP contribution in [0.25, 0.3) is 0 Å². The summed E-state index contributed by atoms with van der Waals surface area (Å²) in [5, 5.41) is 15.2. The van der Waals surface area contributed by atoms with Gasteiger partial charge in [0.15, 0.2) is 0 Å². The second-order valence-corrected chi connectivity index (χ2v) is 5.04. The molecule has 0 spiro atoms. The van der Waals surface area contributed by atoms with E-state index in [4.69, 9.17) is 11.6 Å². The Morgan fingerprint density at radius 2 is 2.22 bits per heavy atom. The molecule has 6 heteroatoms. The van der Waals surface area contributed by atoms with E-state index in [1.807, 2.05) is 28.8 Å². The molecule has 0 aliphatic carbocycles. The van der Waals surface area contributed by atoms with Crippen LogP contribution in [-0.2, 0) is 6.54 Å². The van der Waals surface area contributed by atoms with Gasteiger partial charge in [0.2, 0.25) is 0 Å². The van der Waals surface area contributed by atoms with E-state index in [1.54, 1.807) is 23.5 Å². The van der Waals surface area contributed by atoms with Crippen LogP contribution < -0.4 is 4.90 Å². The van der Waals surface area contributed by atoms with Crippen LogP contribution in [0.1, 0.15) is 5.56 Å². The van der Waals surface area contributed by atoms with E-state index in [2.05, 4.69) is 0 Å². The first-order chi connectivity index (χ1) is 8.59. The summed E-state index contributed by atoms with van der Waals surface area (Å²) in [6.07, 6.45) is 0. The second kappa shape index (κ2) is 5.37. The summed E-state index contributed by atoms with van der Waals surface area (Å²) in [5.74, 6) is 0. The topological polar surface area (TPSA) is 46.4 Å². The van der Waals surface area contributed by atoms with Crippen LogP contribution in [-0.4, -0.2) is 12.0 Å². The van der Waals surface area contributed by atoms with E-state index in [0.29, 0.717) is 12.2 Å². The molecule has 0 aliphatic heterocycles. The maximum Gasteiger partial charge on any atom is 0.310 e. The molecule has 0 saturated heterocycles. The molecule has 4 nitrogen and oxygen atoms in total. The minimum Gasteiger partial charge on any atom is -0.365 e. The Morgan fingerprint density at radius 1 is 1.44 bits per heavy atom. The lowest BCUT2D eigenvalue weighted by Crippen LogP contribution is -2.17. The maximum atomic E-state index is 11.0. The van der Waals surface area contributed by atoms with Crippen molar-refractivity contribution in [3.8, 4) is 0 Å². The fourth-order valence-electron chi connectivity index (χ4n) is 1.73. The van der Waals surface area contributed by atoms with E-state index in [-0.39, 0.29) is 10.7 Å². The zero-order valence-corrected chi connectivity index (χ0v) is 11.2. The van der Waals surface area contributed by atoms with Crippen molar-refractivity contribution in [3.63, 3.8) is 0 Å². The normalized spacial score (nSPS) is 10.3. The Balaban J connectivity index is 2.32. The van der Waals surface area contributed by atoms with E-state index >= 15 is 0 Å². The Bertz CT molecular complexity index is 557. The summed E-state index contributed by atoms with van der Waals surface area (Å²) >= 11 is 7.49. The summed E-state index contributed by atoms with van der Waals surface area (Å²) in [6.45, 7) is 0.616. The van der Waals surface area contributed by atoms with Crippen LogP contribution in [0, 0.1) is 10.1 Å². The molecule has 1 heterocycles. The number of anilines is 1. The number of thiophene rings is 1. The molecule has 0 atom stereocenters. The van der Waals surface area contributed by atoms with Crippen molar-refractivity contribution in [1.82, 2.24) is 0 Å². The first-order valence-corrected chi connectivity index (χ1v) is 6.57. The second-order valence-electron chi connectivity index (χ2n) is 3.85. The van der Waals surface area contributed by atoms with Gasteiger partial charge < -0.3 is 4.90 Å². The van der Waals surface area contributed by atoms with Crippen molar-refractivity contribution in [3.05, 3.63) is 55.7 Å². The summed E-state index contributed by atoms with van der Waals surface area (Å²) in [5.41, 5.74) is 1.60. The van der Waals surface area contributed by atoms with E-state index in [1.165, 1.54) is 6.07 Å². The lowest BCUT2D eigenvalue weighted by Gasteiger charge is -2.18. The minimum absolute atomic E-state index is 0.0445. The predicted octanol–water partition coefficient (Wildman–Crippen LogP) is 3.95. The fourth-order valence-corrected chi connectivity index (χ4v) is 2.63. The number of nitrogens with zero attached hydrogens (tertiary/aromatic N) is 2. The van der Waals surface area contributed by atoms with Crippen LogP contribution in [0.15, 0.2) is 35.0 Å². The highest BCUT2D eigenvalue weighted by Crippen LogP contribution is 2.34. The first-order valence-electron chi connectivity index (χ1n) is 5.24. The largest absolute Gasteiger partial charge is 0.365 e. The van der Waals surface area contributed by atoms with Gasteiger partial charge in [-0.3, -0.25) is 10.1 Å². The van der Waals surface area contributed by atoms with Crippen LogP contribution in [0.4, 0.5) is 11.4 Å². The summed E-state index contributed by atoms with van der Waals surface area (Å²) in [7, 11) is 1.82. The molecular formula is C12H11ClN2O2S. The number of hydrogen-bond donors (Lipinski definition) is 0. The monoisotopic (exact) mass is 282 g/mol. The molecule has 0 N–H and O–H groups in total. The highest BCUT2D eigenvalue weighted by molar-refractivity contribution is 7.07. The van der Waals surface area contributed by atoms with Crippen molar-refractivity contribution in [1.29, 1.82) is 0 Å². The number of halogens is 1. The van der Waals surface area contributed by atoms with Gasteiger partial charge in [0.25, 0.3) is 0 Å². The molecule has 0 bridgehead atoms. The van der Waals surface area contributed by atoms with Crippen LogP contribution in [0.3, 0.4) is 0 Å². The van der Waals surface area contributed by atoms with Crippen molar-refractivity contribution in [2.24, 2.45) is 0 Å². The zero-order chi connectivity index (χ0) is 13.1. The fraction of sp³-hybridized carbons (Fsp3) is 0.167. The molecule has 0 aliphatic rings. The lowest BCUT2D eigenvalue weighted by atomic mass is 10.2. The smallest absolute Gasteiger partial charge is 0.310 e. The van der Waals surface area contributed by atoms with Crippen LogP contribution in [0.5, 0.6) is 0 Å². The molecule has 2 rings (SSSR count). The first kappa shape index (κ1) is 12.9. The molecule has 0 unspecified atom stereocenters. The van der Waals surface area contributed by atoms with Gasteiger partial charge in [-0.1, -0.05) is 17.7 Å². The molecule has 18 heavy (non-hydrogen) atoms. The number of nitro benzene ring substituents is 1. The third-order valence-electron chi connectivity index (χ3n) is 2.56. The third-order valence-corrected chi connectivity index (χ3v) is 3.60. The minimum atomic E-state index is -0.443. The highest BCUT2D eigenvalue weighted by Gasteiger charge is 2.21. The SMILES string of the molecule is CN(Cc1ccsc1)c1cccc(Cl)c1[N+](=O)[O-]. The third kappa shape index (κ3) is 2.63. The van der Waals surface area contributed by atoms with Gasteiger partial charge in [0, 0.05) is 13.6 Å². The summed E-state index contributed by atoms with van der Waals surface area (Å²) in [6, 6.07) is 6.95. The quantitative estimate of drug-likeness (QED) is 0.630. The molecule has 0 saturated carbocycles. The van der Waals surface area contributed by atoms with Gasteiger partial charge in [-0.25, -0.2) is 0 Å². The Kier molecular flexibility index (Phi) is 3.84. The number of rotatable bonds is 4. The van der Waals surface area contributed by atoms with Crippen molar-refractivity contribution < 1.29 is 4.92 Å². The Labute approximate surface area is 114 Å². The molecule has 0 radical (unpaired) electrons. The van der Waals surface area contributed by atoms with Crippen molar-refractivity contribution in [2.75, 3.05) is 11.9 Å². The summed E-state index contributed by atoms with van der Waals surface area (Å²) in [4.78, 5) is 12.4. The molecular weight excluding hydrogens is 272 g/mol. The Hall–Kier alpha value is -1.59. The number of nitro groups is 1. The van der Waals surface area contributed by atoms with Gasteiger partial charge >= 0.3 is 5.69 Å². The lowest BCUT2D eigenvalue weighted by molar-refractivity contribution is -0.384. The van der Waals surface area contributed by atoms with E-state index in [9.17, 15) is 10.1 Å². The maximum absolute atomic E-state index is 11.0. The molecule has 0 amide bonds. The van der Waals surface area contributed by atoms with Crippen molar-refractivity contribution >= 4 is 34.3 Å². The standard InChI is InChI=1S/C12H11ClN2O2S/c1-14(7-9-5-6-18-8-9)11-4-2-3-10(13)12(11)15(16)17/h2-6,8H,7H2,1H3. The van der Waals surface area contributed by atoms with Gasteiger partial charge in [0.05, 0.1) is 4.92 Å². The predicted molar refractivity (Wildman–Crippen MR) is 74.5 cm³/mol. The van der Waals surface area contributed by atoms with Gasteiger partial charge in [-0.2, -0.15) is 11.3 Å². The Morgan fingerprint density at radius 3 is 2.83 bits per heavy atom. The van der Waals surface area contributed by atoms with Gasteiger partial charge in [0.1, 0.15) is 10.7 Å². The average Bonchev–Trinajstić information content (AvgIpc) is 2.80.